The minimum Gasteiger partial charge on any atom is -0.473 e. The van der Waals surface area contributed by atoms with Gasteiger partial charge in [-0.2, -0.15) is 4.98 Å². The Kier molecular flexibility index (Phi) is 5.57. The summed E-state index contributed by atoms with van der Waals surface area (Å²) in [5, 5.41) is 0.298. The number of likely N-dealkylation sites (tertiary alicyclic amines) is 1. The summed E-state index contributed by atoms with van der Waals surface area (Å²) in [6.45, 7) is 1.24. The number of aryl methyl sites for hydroxylation is 1. The highest BCUT2D eigenvalue weighted by Gasteiger charge is 2.26. The first-order valence-corrected chi connectivity index (χ1v) is 10.1. The van der Waals surface area contributed by atoms with E-state index in [-0.39, 0.29) is 17.8 Å². The summed E-state index contributed by atoms with van der Waals surface area (Å²) < 4.78 is 5.84. The summed E-state index contributed by atoms with van der Waals surface area (Å²) in [7, 11) is 0. The van der Waals surface area contributed by atoms with Crippen molar-refractivity contribution >= 4 is 23.3 Å². The number of benzene rings is 1. The van der Waals surface area contributed by atoms with Crippen molar-refractivity contribution in [2.75, 3.05) is 13.1 Å². The van der Waals surface area contributed by atoms with Gasteiger partial charge in [0.05, 0.1) is 12.4 Å². The van der Waals surface area contributed by atoms with Crippen LogP contribution in [0.1, 0.15) is 58.4 Å². The lowest BCUT2D eigenvalue weighted by Crippen LogP contribution is -2.41. The molecule has 1 aromatic carbocycles. The molecule has 7 heteroatoms. The molecule has 28 heavy (non-hydrogen) atoms. The standard InChI is InChI=1S/C21H22ClN3O3/c22-19-12-23-13-20(24-19)28-16-7-9-25(10-8-16)21(27)15-5-6-17-14(11-15)3-1-2-4-18(17)26/h5-6,11-13,16H,1-4,7-10H2. The number of hydrogen-bond acceptors (Lipinski definition) is 5. The fourth-order valence-electron chi connectivity index (χ4n) is 3.85. The van der Waals surface area contributed by atoms with Crippen LogP contribution in [0.25, 0.3) is 0 Å². The molecule has 1 aliphatic carbocycles. The van der Waals surface area contributed by atoms with Crippen LogP contribution in [-0.2, 0) is 6.42 Å². The topological polar surface area (TPSA) is 72.4 Å². The molecular formula is C21H22ClN3O3. The van der Waals surface area contributed by atoms with Crippen molar-refractivity contribution in [2.45, 2.75) is 44.6 Å². The predicted molar refractivity (Wildman–Crippen MR) is 105 cm³/mol. The van der Waals surface area contributed by atoms with Gasteiger partial charge in [0.1, 0.15) is 6.10 Å². The molecule has 4 rings (SSSR count). The highest BCUT2D eigenvalue weighted by atomic mass is 35.5. The highest BCUT2D eigenvalue weighted by Crippen LogP contribution is 2.24. The van der Waals surface area contributed by atoms with Crippen molar-refractivity contribution in [3.63, 3.8) is 0 Å². The second-order valence-electron chi connectivity index (χ2n) is 7.29. The second-order valence-corrected chi connectivity index (χ2v) is 7.68. The van der Waals surface area contributed by atoms with Gasteiger partial charge >= 0.3 is 0 Å². The Hall–Kier alpha value is -2.47. The summed E-state index contributed by atoms with van der Waals surface area (Å²) in [4.78, 5) is 35.0. The van der Waals surface area contributed by atoms with Gasteiger partial charge < -0.3 is 9.64 Å². The molecule has 1 fully saturated rings. The number of ether oxygens (including phenoxy) is 1. The number of ketones is 1. The van der Waals surface area contributed by atoms with Crippen LogP contribution in [-0.4, -0.2) is 45.8 Å². The largest absolute Gasteiger partial charge is 0.473 e. The fraction of sp³-hybridized carbons (Fsp3) is 0.429. The third-order valence-corrected chi connectivity index (χ3v) is 5.53. The van der Waals surface area contributed by atoms with Crippen molar-refractivity contribution in [3.05, 3.63) is 52.4 Å². The number of carbonyl (C=O) groups excluding carboxylic acids is 2. The van der Waals surface area contributed by atoms with E-state index in [1.54, 1.807) is 12.3 Å². The van der Waals surface area contributed by atoms with Crippen molar-refractivity contribution in [1.29, 1.82) is 0 Å². The van der Waals surface area contributed by atoms with Crippen LogP contribution in [0.4, 0.5) is 0 Å². The minimum atomic E-state index is -0.0125. The van der Waals surface area contributed by atoms with Crippen LogP contribution in [0.15, 0.2) is 30.6 Å². The lowest BCUT2D eigenvalue weighted by molar-refractivity contribution is 0.0586. The van der Waals surface area contributed by atoms with Gasteiger partial charge in [0.15, 0.2) is 10.9 Å². The molecule has 2 aromatic rings. The van der Waals surface area contributed by atoms with Gasteiger partial charge in [-0.15, -0.1) is 0 Å². The second kappa shape index (κ2) is 8.27. The monoisotopic (exact) mass is 399 g/mol. The molecule has 1 saturated heterocycles. The molecule has 6 nitrogen and oxygen atoms in total. The fourth-order valence-corrected chi connectivity index (χ4v) is 3.99. The summed E-state index contributed by atoms with van der Waals surface area (Å²) in [6.07, 6.45) is 7.81. The van der Waals surface area contributed by atoms with E-state index in [9.17, 15) is 9.59 Å². The van der Waals surface area contributed by atoms with Gasteiger partial charge in [0.25, 0.3) is 5.91 Å². The molecule has 2 aliphatic rings. The zero-order valence-electron chi connectivity index (χ0n) is 15.6. The number of halogens is 1. The normalized spacial score (nSPS) is 17.8. The lowest BCUT2D eigenvalue weighted by Gasteiger charge is -2.32. The third kappa shape index (κ3) is 4.17. The van der Waals surface area contributed by atoms with E-state index in [1.165, 1.54) is 6.20 Å². The number of piperidine rings is 1. The Labute approximate surface area is 168 Å². The van der Waals surface area contributed by atoms with Crippen LogP contribution in [0.5, 0.6) is 5.88 Å². The van der Waals surface area contributed by atoms with Crippen LogP contribution in [0, 0.1) is 0 Å². The molecule has 0 radical (unpaired) electrons. The average Bonchev–Trinajstić information content (AvgIpc) is 2.89. The van der Waals surface area contributed by atoms with E-state index in [1.807, 2.05) is 17.0 Å². The molecule has 0 spiro atoms. The molecule has 0 unspecified atom stereocenters. The van der Waals surface area contributed by atoms with E-state index in [0.717, 1.165) is 43.2 Å². The molecule has 146 valence electrons. The van der Waals surface area contributed by atoms with Crippen LogP contribution in [0.2, 0.25) is 5.15 Å². The molecule has 2 heterocycles. The van der Waals surface area contributed by atoms with Crippen molar-refractivity contribution in [2.24, 2.45) is 0 Å². The first-order chi connectivity index (χ1) is 13.6. The van der Waals surface area contributed by atoms with Crippen molar-refractivity contribution in [3.8, 4) is 5.88 Å². The predicted octanol–water partition coefficient (Wildman–Crippen LogP) is 3.72. The molecule has 0 N–H and O–H groups in total. The Morgan fingerprint density at radius 2 is 1.93 bits per heavy atom. The maximum atomic E-state index is 12.9. The van der Waals surface area contributed by atoms with Crippen LogP contribution in [0.3, 0.4) is 0 Å². The molecule has 0 atom stereocenters. The van der Waals surface area contributed by atoms with E-state index < -0.39 is 0 Å². The Balaban J connectivity index is 1.39. The summed E-state index contributed by atoms with van der Waals surface area (Å²) in [5.74, 6) is 0.613. The summed E-state index contributed by atoms with van der Waals surface area (Å²) >= 11 is 5.84. The van der Waals surface area contributed by atoms with Gasteiger partial charge in [-0.05, 0) is 37.0 Å². The average molecular weight is 400 g/mol. The van der Waals surface area contributed by atoms with E-state index in [2.05, 4.69) is 9.97 Å². The smallest absolute Gasteiger partial charge is 0.253 e. The Bertz CT molecular complexity index is 894. The van der Waals surface area contributed by atoms with Gasteiger partial charge in [0.2, 0.25) is 5.88 Å². The molecule has 0 saturated carbocycles. The highest BCUT2D eigenvalue weighted by molar-refractivity contribution is 6.29. The first-order valence-electron chi connectivity index (χ1n) is 9.70. The molecular weight excluding hydrogens is 378 g/mol. The summed E-state index contributed by atoms with van der Waals surface area (Å²) in [5.41, 5.74) is 2.45. The molecule has 1 amide bonds. The quantitative estimate of drug-likeness (QED) is 0.735. The maximum Gasteiger partial charge on any atom is 0.253 e. The third-order valence-electron chi connectivity index (χ3n) is 5.35. The van der Waals surface area contributed by atoms with E-state index >= 15 is 0 Å². The number of carbonyl (C=O) groups is 2. The van der Waals surface area contributed by atoms with Gasteiger partial charge in [-0.1, -0.05) is 17.7 Å². The zero-order valence-corrected chi connectivity index (χ0v) is 16.3. The van der Waals surface area contributed by atoms with Crippen LogP contribution < -0.4 is 4.74 Å². The number of fused-ring (bicyclic) bond motifs is 1. The van der Waals surface area contributed by atoms with E-state index in [0.29, 0.717) is 36.1 Å². The number of amides is 1. The Morgan fingerprint density at radius 3 is 2.71 bits per heavy atom. The zero-order chi connectivity index (χ0) is 19.5. The number of rotatable bonds is 3. The number of nitrogens with zero attached hydrogens (tertiary/aromatic N) is 3. The van der Waals surface area contributed by atoms with Crippen molar-refractivity contribution in [1.82, 2.24) is 14.9 Å². The maximum absolute atomic E-state index is 12.9. The minimum absolute atomic E-state index is 0.0125. The van der Waals surface area contributed by atoms with Gasteiger partial charge in [-0.25, -0.2) is 0 Å². The van der Waals surface area contributed by atoms with Crippen molar-refractivity contribution < 1.29 is 14.3 Å². The van der Waals surface area contributed by atoms with Gasteiger partial charge in [0, 0.05) is 43.5 Å². The first kappa shape index (κ1) is 18.9. The van der Waals surface area contributed by atoms with E-state index in [4.69, 9.17) is 16.3 Å². The lowest BCUT2D eigenvalue weighted by atomic mass is 9.98. The molecule has 1 aromatic heterocycles. The number of hydrogen-bond donors (Lipinski definition) is 0. The number of Topliss-reactive ketones (excluding diaryl/α,β-unsaturated/α-hetero) is 1. The molecule has 0 bridgehead atoms. The Morgan fingerprint density at radius 1 is 1.14 bits per heavy atom. The SMILES string of the molecule is O=C1CCCCc2cc(C(=O)N3CCC(Oc4cncc(Cl)n4)CC3)ccc21. The number of aromatic nitrogens is 2. The van der Waals surface area contributed by atoms with Crippen LogP contribution >= 0.6 is 11.6 Å². The summed E-state index contributed by atoms with van der Waals surface area (Å²) in [6, 6.07) is 5.52. The van der Waals surface area contributed by atoms with Gasteiger partial charge in [-0.3, -0.25) is 14.6 Å². The molecule has 1 aliphatic heterocycles.